The van der Waals surface area contributed by atoms with E-state index in [-0.39, 0.29) is 102 Å². The van der Waals surface area contributed by atoms with Crippen LogP contribution in [0.15, 0.2) is 17.5 Å². The van der Waals surface area contributed by atoms with E-state index in [1.807, 2.05) is 13.8 Å². The Hall–Kier alpha value is -9.24. The normalized spacial score (nSPS) is 18.8. The highest BCUT2D eigenvalue weighted by atomic mass is 32.1. The van der Waals surface area contributed by atoms with Crippen molar-refractivity contribution >= 4 is 107 Å². The molecule has 22 N–H and O–H groups in total. The van der Waals surface area contributed by atoms with Gasteiger partial charge < -0.3 is 111 Å². The Labute approximate surface area is 595 Å². The van der Waals surface area contributed by atoms with E-state index >= 15 is 0 Å². The summed E-state index contributed by atoms with van der Waals surface area (Å²) in [5.74, 6) is -16.0. The second-order valence-electron chi connectivity index (χ2n) is 26.7. The number of primary amides is 1. The molecule has 38 nitrogen and oxygen atoms in total. The third-order valence-corrected chi connectivity index (χ3v) is 17.7. The van der Waals surface area contributed by atoms with E-state index in [9.17, 15) is 92.3 Å². The standard InChI is InChI=1S/C63H103N19O19S/c1-31(2)23-39(74-51(89)36(11-7-19-69-63(66)67)71-50(88)35(64)27-83)54(92)77-42(28-84)55(93)72-37(15-17-47(65)85)52(90)78-43(29-102)61(99)81-21-9-12-44(81)56(94)73-38(16-18-48(86)87)53(91)79-49(33(5)6)58(96)76-41(25-34-26-68-30-70-34)60(98)80-20-8-13-45(80)57(95)75-40(24-32(3)4)59(97)82-22-10-14-46(82)62(100)101/h26,30-33,35-46,49,83-84,102H,7-25,27-29,64H2,1-6H3,(H2,65,85)(H,68,70)(H,71,88)(H,72,93)(H,73,94)(H,74,89)(H,75,95)(H,76,96)(H,77,92)(H,78,90)(H,79,91)(H,86,87)(H,100,101)(H4,66,67,69)/t35-,36-,37-,38-,39-,40-,41-,42-,43-,44-,45-,46-,49-/m0/s1. The van der Waals surface area contributed by atoms with E-state index in [2.05, 4.69) is 75.4 Å². The first kappa shape index (κ1) is 85.2. The van der Waals surface area contributed by atoms with Crippen molar-refractivity contribution in [1.29, 1.82) is 0 Å². The zero-order chi connectivity index (χ0) is 76.2. The molecule has 13 atom stereocenters. The van der Waals surface area contributed by atoms with Crippen LogP contribution in [0.4, 0.5) is 0 Å². The summed E-state index contributed by atoms with van der Waals surface area (Å²) >= 11 is 4.28. The molecule has 0 spiro atoms. The fraction of sp³-hybridized carbons (Fsp3) is 0.698. The minimum absolute atomic E-state index is 0.00665. The fourth-order valence-corrected chi connectivity index (χ4v) is 12.2. The average molecular weight is 1460 g/mol. The van der Waals surface area contributed by atoms with Crippen LogP contribution >= 0.6 is 12.6 Å². The van der Waals surface area contributed by atoms with Gasteiger partial charge in [-0.25, -0.2) is 9.78 Å². The second kappa shape index (κ2) is 41.6. The quantitative estimate of drug-likeness (QED) is 0.0125. The number of carboxylic acids is 2. The number of nitrogens with zero attached hydrogens (tertiary/aromatic N) is 5. The number of hydrogen-bond donors (Lipinski definition) is 19. The summed E-state index contributed by atoms with van der Waals surface area (Å²) in [7, 11) is 0. The number of hydrogen-bond acceptors (Lipinski definition) is 21. The lowest BCUT2D eigenvalue weighted by molar-refractivity contribution is -0.150. The van der Waals surface area contributed by atoms with Gasteiger partial charge in [0, 0.05) is 63.1 Å². The molecule has 0 aromatic carbocycles. The summed E-state index contributed by atoms with van der Waals surface area (Å²) in [6, 6.07) is -18.4. The molecule has 39 heteroatoms. The number of carbonyl (C=O) groups is 15. The number of guanidine groups is 1. The van der Waals surface area contributed by atoms with Gasteiger partial charge in [-0.2, -0.15) is 12.6 Å². The first-order chi connectivity index (χ1) is 48.1. The molecule has 1 aromatic heterocycles. The Morgan fingerprint density at radius 1 is 0.549 bits per heavy atom. The minimum atomic E-state index is -1.82. The summed E-state index contributed by atoms with van der Waals surface area (Å²) in [5, 5.41) is 62.1. The summed E-state index contributed by atoms with van der Waals surface area (Å²) in [6.45, 7) is 8.59. The van der Waals surface area contributed by atoms with Gasteiger partial charge in [0.1, 0.15) is 78.5 Å². The van der Waals surface area contributed by atoms with Crippen molar-refractivity contribution < 1.29 is 92.3 Å². The number of thiol groups is 1. The van der Waals surface area contributed by atoms with Crippen molar-refractivity contribution in [3.63, 3.8) is 0 Å². The fourth-order valence-electron chi connectivity index (χ4n) is 12.0. The number of carboxylic acid groups (broad SMARTS) is 2. The lowest BCUT2D eigenvalue weighted by atomic mass is 10.0. The van der Waals surface area contributed by atoms with Gasteiger partial charge in [0.05, 0.1) is 19.5 Å². The molecule has 0 bridgehead atoms. The summed E-state index contributed by atoms with van der Waals surface area (Å²) in [4.78, 5) is 219. The van der Waals surface area contributed by atoms with Gasteiger partial charge in [0.25, 0.3) is 0 Å². The Balaban J connectivity index is 1.50. The monoisotopic (exact) mass is 1460 g/mol. The van der Waals surface area contributed by atoms with Crippen molar-refractivity contribution in [2.75, 3.05) is 45.1 Å². The summed E-state index contributed by atoms with van der Waals surface area (Å²) in [6.07, 6.45) is 2.00. The van der Waals surface area contributed by atoms with Crippen LogP contribution in [0.1, 0.15) is 137 Å². The highest BCUT2D eigenvalue weighted by molar-refractivity contribution is 7.80. The zero-order valence-electron chi connectivity index (χ0n) is 58.4. The van der Waals surface area contributed by atoms with Gasteiger partial charge in [0.2, 0.25) is 76.8 Å². The lowest BCUT2D eigenvalue weighted by Gasteiger charge is -2.32. The number of carbonyl (C=O) groups excluding carboxylic acids is 13. The summed E-state index contributed by atoms with van der Waals surface area (Å²) in [5.41, 5.74) is 22.3. The Morgan fingerprint density at radius 2 is 0.990 bits per heavy atom. The molecule has 13 amide bonds. The number of H-pyrrole nitrogens is 1. The maximum Gasteiger partial charge on any atom is 0.326 e. The number of nitrogens with one attached hydrogen (secondary N) is 10. The molecule has 3 aliphatic heterocycles. The Bertz CT molecular complexity index is 3140. The molecule has 0 radical (unpaired) electrons. The van der Waals surface area contributed by atoms with Crippen molar-refractivity contribution in [2.45, 2.75) is 216 Å². The Kier molecular flexibility index (Phi) is 34.8. The number of aromatic amines is 1. The number of aliphatic imine (C=N–C) groups is 1. The number of aliphatic hydroxyl groups is 2. The number of aliphatic hydroxyl groups excluding tert-OH is 2. The van der Waals surface area contributed by atoms with Crippen molar-refractivity contribution in [1.82, 2.24) is 72.5 Å². The van der Waals surface area contributed by atoms with Crippen LogP contribution in [0.5, 0.6) is 0 Å². The number of amides is 13. The maximum absolute atomic E-state index is 14.7. The van der Waals surface area contributed by atoms with Gasteiger partial charge in [-0.05, 0) is 94.8 Å². The number of aliphatic carboxylic acids is 2. The average Bonchev–Trinajstić information content (AvgIpc) is 1.61. The third kappa shape index (κ3) is 26.3. The van der Waals surface area contributed by atoms with E-state index in [0.717, 1.165) is 4.90 Å². The predicted molar refractivity (Wildman–Crippen MR) is 366 cm³/mol. The molecular weight excluding hydrogens is 1360 g/mol. The van der Waals surface area contributed by atoms with Crippen molar-refractivity contribution in [3.8, 4) is 0 Å². The molecule has 0 saturated carbocycles. The predicted octanol–water partition coefficient (Wildman–Crippen LogP) is -6.45. The van der Waals surface area contributed by atoms with Crippen LogP contribution in [0, 0.1) is 17.8 Å². The van der Waals surface area contributed by atoms with Crippen LogP contribution in [-0.2, 0) is 78.3 Å². The molecule has 3 aliphatic rings. The highest BCUT2D eigenvalue weighted by Gasteiger charge is 2.45. The van der Waals surface area contributed by atoms with Crippen LogP contribution < -0.4 is 70.8 Å². The SMILES string of the molecule is CC(C)C[C@H](NC(=O)[C@H](CCCN=C(N)N)NC(=O)[C@@H](N)CO)C(=O)N[C@@H](CO)C(=O)N[C@@H](CCC(N)=O)C(=O)N[C@@H](CS)C(=O)N1CCC[C@H]1C(=O)N[C@@H](CCC(=O)O)C(=O)N[C@H](C(=O)N[C@@H](Cc1cnc[nH]1)C(=O)N1CCC[C@H]1C(=O)N[C@@H](CC(C)C)C(=O)N1CCC[C@H]1C(=O)O)C(C)C. The highest BCUT2D eigenvalue weighted by Crippen LogP contribution is 2.25. The lowest BCUT2D eigenvalue weighted by Crippen LogP contribution is -2.61. The van der Waals surface area contributed by atoms with E-state index < -0.39 is 218 Å². The molecule has 3 fully saturated rings. The van der Waals surface area contributed by atoms with Crippen LogP contribution in [0.2, 0.25) is 0 Å². The van der Waals surface area contributed by atoms with Gasteiger partial charge in [-0.15, -0.1) is 0 Å². The first-order valence-electron chi connectivity index (χ1n) is 34.1. The molecule has 1 aromatic rings. The van der Waals surface area contributed by atoms with Crippen molar-refractivity contribution in [3.05, 3.63) is 18.2 Å². The molecular formula is C63H103N19O19S. The molecule has 3 saturated heterocycles. The molecule has 4 heterocycles. The Morgan fingerprint density at radius 3 is 1.49 bits per heavy atom. The minimum Gasteiger partial charge on any atom is -0.481 e. The maximum atomic E-state index is 14.7. The number of nitrogens with two attached hydrogens (primary N) is 4. The summed E-state index contributed by atoms with van der Waals surface area (Å²) < 4.78 is 0. The van der Waals surface area contributed by atoms with E-state index in [1.165, 1.54) is 22.3 Å². The van der Waals surface area contributed by atoms with E-state index in [1.54, 1.807) is 27.7 Å². The molecule has 570 valence electrons. The topological polar surface area (TPSA) is 600 Å². The molecule has 0 aliphatic carbocycles. The number of rotatable bonds is 42. The van der Waals surface area contributed by atoms with Crippen molar-refractivity contribution in [2.24, 2.45) is 45.7 Å². The molecule has 4 rings (SSSR count). The van der Waals surface area contributed by atoms with E-state index in [0.29, 0.717) is 18.5 Å². The number of likely N-dealkylation sites (tertiary alicyclic amines) is 3. The van der Waals surface area contributed by atoms with Crippen LogP contribution in [0.3, 0.4) is 0 Å². The van der Waals surface area contributed by atoms with E-state index in [4.69, 9.17) is 22.9 Å². The second-order valence-corrected chi connectivity index (χ2v) is 27.1. The molecule has 102 heavy (non-hydrogen) atoms. The first-order valence-corrected chi connectivity index (χ1v) is 34.7. The van der Waals surface area contributed by atoms with Gasteiger partial charge >= 0.3 is 11.9 Å². The van der Waals surface area contributed by atoms with Crippen LogP contribution in [-0.4, -0.2) is 263 Å². The number of aromatic nitrogens is 2. The molecule has 0 unspecified atom stereocenters. The van der Waals surface area contributed by atoms with Gasteiger partial charge in [-0.1, -0.05) is 41.5 Å². The van der Waals surface area contributed by atoms with Crippen LogP contribution in [0.25, 0.3) is 0 Å². The van der Waals surface area contributed by atoms with Gasteiger partial charge in [-0.3, -0.25) is 72.1 Å². The number of imidazole rings is 1. The zero-order valence-corrected chi connectivity index (χ0v) is 59.2. The van der Waals surface area contributed by atoms with Gasteiger partial charge in [0.15, 0.2) is 5.96 Å². The third-order valence-electron chi connectivity index (χ3n) is 17.3. The smallest absolute Gasteiger partial charge is 0.326 e. The largest absolute Gasteiger partial charge is 0.481 e.